The zero-order valence-electron chi connectivity index (χ0n) is 15.9. The molecule has 0 atom stereocenters. The maximum atomic E-state index is 12.2. The number of methoxy groups -OCH3 is 1. The molecule has 1 aromatic heterocycles. The molecule has 0 aliphatic rings. The number of halogens is 1. The SMILES string of the molecule is CCNC(=NCc1sccc1C)NCCNC(=O)c1cccc(OC)c1.I. The van der Waals surface area contributed by atoms with Gasteiger partial charge in [0, 0.05) is 30.1 Å². The fourth-order valence-electron chi connectivity index (χ4n) is 2.28. The predicted octanol–water partition coefficient (Wildman–Crippen LogP) is 3.17. The Hall–Kier alpha value is -1.81. The zero-order valence-corrected chi connectivity index (χ0v) is 19.0. The highest BCUT2D eigenvalue weighted by Gasteiger charge is 2.06. The standard InChI is InChI=1S/C19H26N4O2S.HI/c1-4-20-19(23-13-17-14(2)8-11-26-17)22-10-9-21-18(24)15-6-5-7-16(12-15)25-3;/h5-8,11-12H,4,9-10,13H2,1-3H3,(H,21,24)(H2,20,22,23);1H. The van der Waals surface area contributed by atoms with E-state index in [1.54, 1.807) is 36.6 Å². The molecule has 0 saturated heterocycles. The van der Waals surface area contributed by atoms with Gasteiger partial charge in [-0.15, -0.1) is 35.3 Å². The molecule has 0 aliphatic heterocycles. The van der Waals surface area contributed by atoms with Gasteiger partial charge in [-0.05, 0) is 49.1 Å². The fourth-order valence-corrected chi connectivity index (χ4v) is 3.11. The molecule has 0 unspecified atom stereocenters. The number of benzene rings is 1. The molecule has 2 rings (SSSR count). The van der Waals surface area contributed by atoms with Gasteiger partial charge in [0.2, 0.25) is 0 Å². The van der Waals surface area contributed by atoms with Crippen LogP contribution in [0.2, 0.25) is 0 Å². The number of aliphatic imine (C=N–C) groups is 1. The highest BCUT2D eigenvalue weighted by Crippen LogP contribution is 2.16. The Balaban J connectivity index is 0.00000364. The van der Waals surface area contributed by atoms with E-state index in [-0.39, 0.29) is 29.9 Å². The number of nitrogens with one attached hydrogen (secondary N) is 3. The molecule has 1 amide bonds. The van der Waals surface area contributed by atoms with Crippen LogP contribution >= 0.6 is 35.3 Å². The Morgan fingerprint density at radius 1 is 1.19 bits per heavy atom. The average molecular weight is 502 g/mol. The van der Waals surface area contributed by atoms with E-state index in [1.807, 2.05) is 13.0 Å². The number of nitrogens with zero attached hydrogens (tertiary/aromatic N) is 1. The van der Waals surface area contributed by atoms with Gasteiger partial charge in [0.15, 0.2) is 5.96 Å². The third-order valence-corrected chi connectivity index (χ3v) is 4.74. The average Bonchev–Trinajstić information content (AvgIpc) is 3.07. The molecule has 2 aromatic rings. The number of hydrogen-bond donors (Lipinski definition) is 3. The second kappa shape index (κ2) is 12.6. The van der Waals surface area contributed by atoms with E-state index in [2.05, 4.69) is 39.3 Å². The molecular formula is C19H27IN4O2S. The van der Waals surface area contributed by atoms with Crippen molar-refractivity contribution in [3.63, 3.8) is 0 Å². The number of carbonyl (C=O) groups excluding carboxylic acids is 1. The lowest BCUT2D eigenvalue weighted by Gasteiger charge is -2.12. The van der Waals surface area contributed by atoms with Crippen LogP contribution in [0.1, 0.15) is 27.7 Å². The largest absolute Gasteiger partial charge is 0.497 e. The van der Waals surface area contributed by atoms with E-state index in [0.717, 1.165) is 12.5 Å². The molecule has 148 valence electrons. The second-order valence-electron chi connectivity index (χ2n) is 5.64. The van der Waals surface area contributed by atoms with E-state index in [9.17, 15) is 4.79 Å². The molecule has 3 N–H and O–H groups in total. The molecule has 1 heterocycles. The molecule has 0 fully saturated rings. The Labute approximate surface area is 181 Å². The van der Waals surface area contributed by atoms with Crippen molar-refractivity contribution < 1.29 is 9.53 Å². The molecule has 27 heavy (non-hydrogen) atoms. The van der Waals surface area contributed by atoms with Crippen molar-refractivity contribution in [1.82, 2.24) is 16.0 Å². The van der Waals surface area contributed by atoms with E-state index < -0.39 is 0 Å². The molecule has 8 heteroatoms. The van der Waals surface area contributed by atoms with Crippen LogP contribution in [0.3, 0.4) is 0 Å². The first-order valence-corrected chi connectivity index (χ1v) is 9.49. The monoisotopic (exact) mass is 502 g/mol. The predicted molar refractivity (Wildman–Crippen MR) is 123 cm³/mol. The van der Waals surface area contributed by atoms with Gasteiger partial charge < -0.3 is 20.7 Å². The molecule has 1 aromatic carbocycles. The first kappa shape index (κ1) is 23.2. The summed E-state index contributed by atoms with van der Waals surface area (Å²) in [5.74, 6) is 1.29. The van der Waals surface area contributed by atoms with Crippen molar-refractivity contribution in [2.75, 3.05) is 26.7 Å². The van der Waals surface area contributed by atoms with E-state index in [0.29, 0.717) is 30.9 Å². The summed E-state index contributed by atoms with van der Waals surface area (Å²) in [7, 11) is 1.58. The van der Waals surface area contributed by atoms with Gasteiger partial charge in [-0.1, -0.05) is 6.07 Å². The first-order valence-electron chi connectivity index (χ1n) is 8.61. The third kappa shape index (κ3) is 7.76. The topological polar surface area (TPSA) is 74.8 Å². The lowest BCUT2D eigenvalue weighted by Crippen LogP contribution is -2.41. The van der Waals surface area contributed by atoms with Gasteiger partial charge in [-0.2, -0.15) is 0 Å². The van der Waals surface area contributed by atoms with Gasteiger partial charge in [-0.3, -0.25) is 4.79 Å². The van der Waals surface area contributed by atoms with Gasteiger partial charge in [0.1, 0.15) is 5.75 Å². The third-order valence-electron chi connectivity index (χ3n) is 3.73. The lowest BCUT2D eigenvalue weighted by molar-refractivity contribution is 0.0954. The summed E-state index contributed by atoms with van der Waals surface area (Å²) in [6.45, 7) is 6.64. The Morgan fingerprint density at radius 3 is 2.63 bits per heavy atom. The highest BCUT2D eigenvalue weighted by atomic mass is 127. The summed E-state index contributed by atoms with van der Waals surface area (Å²) >= 11 is 1.71. The Morgan fingerprint density at radius 2 is 1.96 bits per heavy atom. The van der Waals surface area contributed by atoms with Crippen LogP contribution in [0.15, 0.2) is 40.7 Å². The van der Waals surface area contributed by atoms with E-state index >= 15 is 0 Å². The van der Waals surface area contributed by atoms with E-state index in [1.165, 1.54) is 10.4 Å². The Bertz CT molecular complexity index is 749. The van der Waals surface area contributed by atoms with Crippen molar-refractivity contribution >= 4 is 47.2 Å². The smallest absolute Gasteiger partial charge is 0.251 e. The van der Waals surface area contributed by atoms with Crippen LogP contribution in [0.4, 0.5) is 0 Å². The minimum atomic E-state index is -0.123. The van der Waals surface area contributed by atoms with Crippen LogP contribution in [-0.4, -0.2) is 38.6 Å². The second-order valence-corrected chi connectivity index (χ2v) is 6.64. The summed E-state index contributed by atoms with van der Waals surface area (Å²) in [5.41, 5.74) is 1.85. The number of amides is 1. The molecule has 6 nitrogen and oxygen atoms in total. The summed E-state index contributed by atoms with van der Waals surface area (Å²) in [5, 5.41) is 11.4. The van der Waals surface area contributed by atoms with Crippen LogP contribution in [0, 0.1) is 6.92 Å². The minimum absolute atomic E-state index is 0. The molecule has 0 saturated carbocycles. The van der Waals surface area contributed by atoms with Crippen molar-refractivity contribution in [2.24, 2.45) is 4.99 Å². The number of carbonyl (C=O) groups is 1. The number of guanidine groups is 1. The van der Waals surface area contributed by atoms with Gasteiger partial charge >= 0.3 is 0 Å². The number of thiophene rings is 1. The molecule has 0 spiro atoms. The van der Waals surface area contributed by atoms with Crippen molar-refractivity contribution in [1.29, 1.82) is 0 Å². The fraction of sp³-hybridized carbons (Fsp3) is 0.368. The minimum Gasteiger partial charge on any atom is -0.497 e. The van der Waals surface area contributed by atoms with E-state index in [4.69, 9.17) is 4.74 Å². The van der Waals surface area contributed by atoms with Crippen molar-refractivity contribution in [3.05, 3.63) is 51.7 Å². The zero-order chi connectivity index (χ0) is 18.8. The van der Waals surface area contributed by atoms with Crippen molar-refractivity contribution in [2.45, 2.75) is 20.4 Å². The first-order chi connectivity index (χ1) is 12.6. The maximum absolute atomic E-state index is 12.2. The molecule has 0 radical (unpaired) electrons. The summed E-state index contributed by atoms with van der Waals surface area (Å²) in [6, 6.07) is 9.20. The highest BCUT2D eigenvalue weighted by molar-refractivity contribution is 14.0. The van der Waals surface area contributed by atoms with Gasteiger partial charge in [0.05, 0.1) is 13.7 Å². The van der Waals surface area contributed by atoms with Gasteiger partial charge in [-0.25, -0.2) is 4.99 Å². The van der Waals surface area contributed by atoms with Crippen molar-refractivity contribution in [3.8, 4) is 5.75 Å². The van der Waals surface area contributed by atoms with Gasteiger partial charge in [0.25, 0.3) is 5.91 Å². The quantitative estimate of drug-likeness (QED) is 0.225. The summed E-state index contributed by atoms with van der Waals surface area (Å²) in [6.07, 6.45) is 0. The number of hydrogen-bond acceptors (Lipinski definition) is 4. The summed E-state index contributed by atoms with van der Waals surface area (Å²) in [4.78, 5) is 18.0. The molecule has 0 bridgehead atoms. The summed E-state index contributed by atoms with van der Waals surface area (Å²) < 4.78 is 5.14. The van der Waals surface area contributed by atoms with Crippen LogP contribution in [0.5, 0.6) is 5.75 Å². The molecular weight excluding hydrogens is 475 g/mol. The van der Waals surface area contributed by atoms with Crippen LogP contribution in [-0.2, 0) is 6.54 Å². The normalized spacial score (nSPS) is 10.7. The number of rotatable bonds is 8. The van der Waals surface area contributed by atoms with Crippen LogP contribution in [0.25, 0.3) is 0 Å². The lowest BCUT2D eigenvalue weighted by atomic mass is 10.2. The number of ether oxygens (including phenoxy) is 1. The maximum Gasteiger partial charge on any atom is 0.251 e. The number of aryl methyl sites for hydroxylation is 1. The Kier molecular flexibility index (Phi) is 10.8. The molecule has 0 aliphatic carbocycles. The van der Waals surface area contributed by atoms with Crippen LogP contribution < -0.4 is 20.7 Å².